The Bertz CT molecular complexity index is 499. The summed E-state index contributed by atoms with van der Waals surface area (Å²) >= 11 is 0. The van der Waals surface area contributed by atoms with Crippen molar-refractivity contribution >= 4 is 23.7 Å². The topological polar surface area (TPSA) is 128 Å². The summed E-state index contributed by atoms with van der Waals surface area (Å²) < 4.78 is 6.16. The Morgan fingerprint density at radius 1 is 1.50 bits per heavy atom. The number of hydrogen-bond acceptors (Lipinski definition) is 6. The predicted molar refractivity (Wildman–Crippen MR) is 69.4 cm³/mol. The van der Waals surface area contributed by atoms with Gasteiger partial charge in [-0.3, -0.25) is 19.6 Å². The van der Waals surface area contributed by atoms with E-state index in [1.165, 1.54) is 23.9 Å². The number of rotatable bonds is 5. The van der Waals surface area contributed by atoms with Crippen molar-refractivity contribution in [3.8, 4) is 0 Å². The van der Waals surface area contributed by atoms with E-state index in [0.717, 1.165) is 0 Å². The summed E-state index contributed by atoms with van der Waals surface area (Å²) in [7, 11) is 0. The van der Waals surface area contributed by atoms with Crippen molar-refractivity contribution in [3.63, 3.8) is 0 Å². The Morgan fingerprint density at radius 3 is 2.75 bits per heavy atom. The number of nitrogens with one attached hydrogen (secondary N) is 2. The fraction of sp³-hybridized carbons (Fsp3) is 0.455. The number of urea groups is 1. The maximum absolute atomic E-state index is 11.5. The molecule has 1 aromatic rings. The highest BCUT2D eigenvalue weighted by Gasteiger charge is 2.19. The summed E-state index contributed by atoms with van der Waals surface area (Å²) in [6, 6.07) is 0.888. The summed E-state index contributed by atoms with van der Waals surface area (Å²) in [5, 5.41) is 8.24. The van der Waals surface area contributed by atoms with Crippen molar-refractivity contribution in [1.29, 1.82) is 0 Å². The molecule has 0 bridgehead atoms. The fourth-order valence-corrected chi connectivity index (χ4v) is 1.30. The number of carbonyl (C=O) groups is 3. The van der Waals surface area contributed by atoms with Gasteiger partial charge in [0, 0.05) is 12.7 Å². The van der Waals surface area contributed by atoms with E-state index in [1.807, 2.05) is 5.32 Å². The van der Waals surface area contributed by atoms with Crippen molar-refractivity contribution < 1.29 is 19.1 Å². The van der Waals surface area contributed by atoms with E-state index in [4.69, 9.17) is 10.5 Å². The van der Waals surface area contributed by atoms with Crippen LogP contribution in [0.5, 0.6) is 0 Å². The van der Waals surface area contributed by atoms with E-state index >= 15 is 0 Å². The molecule has 3 amide bonds. The van der Waals surface area contributed by atoms with Gasteiger partial charge in [0.2, 0.25) is 0 Å². The lowest BCUT2D eigenvalue weighted by Gasteiger charge is -2.13. The molecular formula is C11H17N5O4. The first-order chi connectivity index (χ1) is 9.42. The van der Waals surface area contributed by atoms with Crippen LogP contribution < -0.4 is 16.4 Å². The Kier molecular flexibility index (Phi) is 5.51. The lowest BCUT2D eigenvalue weighted by molar-refractivity contribution is -0.155. The maximum atomic E-state index is 11.5. The zero-order valence-electron chi connectivity index (χ0n) is 11.3. The molecule has 0 radical (unpaired) electrons. The summed E-state index contributed by atoms with van der Waals surface area (Å²) in [6.07, 6.45) is 0.425. The molecule has 1 atom stereocenters. The van der Waals surface area contributed by atoms with E-state index in [-0.39, 0.29) is 12.4 Å². The van der Waals surface area contributed by atoms with E-state index in [0.29, 0.717) is 6.54 Å². The van der Waals surface area contributed by atoms with Crippen LogP contribution in [-0.4, -0.2) is 40.3 Å². The number of nitrogen functional groups attached to an aromatic ring is 1. The van der Waals surface area contributed by atoms with Crippen LogP contribution in [0.25, 0.3) is 0 Å². The summed E-state index contributed by atoms with van der Waals surface area (Å²) in [4.78, 5) is 34.2. The minimum Gasteiger partial charge on any atom is -0.451 e. The van der Waals surface area contributed by atoms with Crippen LogP contribution in [0.2, 0.25) is 0 Å². The monoisotopic (exact) mass is 283 g/mol. The molecule has 0 aromatic carbocycles. The number of anilines is 1. The molecule has 0 saturated carbocycles. The SMILES string of the molecule is CCNC(=O)NC(=O)C(C)OC(=O)Cn1ccc(N)n1. The first-order valence-electron chi connectivity index (χ1n) is 5.99. The second-order valence-electron chi connectivity index (χ2n) is 3.92. The molecule has 9 nitrogen and oxygen atoms in total. The molecule has 0 aliphatic heterocycles. The van der Waals surface area contributed by atoms with E-state index in [9.17, 15) is 14.4 Å². The molecule has 1 aromatic heterocycles. The molecule has 1 rings (SSSR count). The number of aromatic nitrogens is 2. The van der Waals surface area contributed by atoms with Crippen LogP contribution in [0.3, 0.4) is 0 Å². The second kappa shape index (κ2) is 7.12. The molecule has 110 valence electrons. The molecule has 1 heterocycles. The van der Waals surface area contributed by atoms with Crippen LogP contribution in [-0.2, 0) is 20.9 Å². The molecule has 1 unspecified atom stereocenters. The Morgan fingerprint density at radius 2 is 2.20 bits per heavy atom. The number of carbonyl (C=O) groups excluding carboxylic acids is 3. The summed E-state index contributed by atoms with van der Waals surface area (Å²) in [5.41, 5.74) is 5.39. The largest absolute Gasteiger partial charge is 0.451 e. The van der Waals surface area contributed by atoms with Gasteiger partial charge in [0.05, 0.1) is 0 Å². The molecule has 0 aliphatic carbocycles. The van der Waals surface area contributed by atoms with Gasteiger partial charge in [0.25, 0.3) is 5.91 Å². The van der Waals surface area contributed by atoms with E-state index < -0.39 is 24.0 Å². The Labute approximate surface area is 115 Å². The first-order valence-corrected chi connectivity index (χ1v) is 5.99. The third-order valence-electron chi connectivity index (χ3n) is 2.20. The molecule has 4 N–H and O–H groups in total. The van der Waals surface area contributed by atoms with Crippen LogP contribution >= 0.6 is 0 Å². The highest BCUT2D eigenvalue weighted by atomic mass is 16.5. The highest BCUT2D eigenvalue weighted by Crippen LogP contribution is 1.98. The third-order valence-corrected chi connectivity index (χ3v) is 2.20. The van der Waals surface area contributed by atoms with Gasteiger partial charge >= 0.3 is 12.0 Å². The first kappa shape index (κ1) is 15.5. The van der Waals surface area contributed by atoms with Crippen LogP contribution in [0.15, 0.2) is 12.3 Å². The average molecular weight is 283 g/mol. The number of imide groups is 1. The summed E-state index contributed by atoms with van der Waals surface area (Å²) in [6.45, 7) is 3.29. The highest BCUT2D eigenvalue weighted by molar-refractivity contribution is 5.97. The molecular weight excluding hydrogens is 266 g/mol. The van der Waals surface area contributed by atoms with Crippen molar-refractivity contribution in [2.24, 2.45) is 0 Å². The lowest BCUT2D eigenvalue weighted by atomic mass is 10.4. The minimum atomic E-state index is -1.09. The van der Waals surface area contributed by atoms with Gasteiger partial charge in [-0.15, -0.1) is 0 Å². The predicted octanol–water partition coefficient (Wildman–Crippen LogP) is -0.757. The van der Waals surface area contributed by atoms with Gasteiger partial charge in [-0.1, -0.05) is 0 Å². The summed E-state index contributed by atoms with van der Waals surface area (Å²) in [5.74, 6) is -1.09. The van der Waals surface area contributed by atoms with Crippen molar-refractivity contribution in [3.05, 3.63) is 12.3 Å². The molecule has 0 fully saturated rings. The smallest absolute Gasteiger partial charge is 0.328 e. The zero-order valence-corrected chi connectivity index (χ0v) is 11.3. The normalized spacial score (nSPS) is 11.5. The zero-order chi connectivity index (χ0) is 15.1. The van der Waals surface area contributed by atoms with Gasteiger partial charge in [-0.05, 0) is 19.9 Å². The molecule has 0 spiro atoms. The van der Waals surface area contributed by atoms with Crippen molar-refractivity contribution in [2.75, 3.05) is 12.3 Å². The number of ether oxygens (including phenoxy) is 1. The number of nitrogens with two attached hydrogens (primary N) is 1. The van der Waals surface area contributed by atoms with Gasteiger partial charge in [-0.25, -0.2) is 4.79 Å². The number of nitrogens with zero attached hydrogens (tertiary/aromatic N) is 2. The van der Waals surface area contributed by atoms with Crippen LogP contribution in [0.4, 0.5) is 10.6 Å². The van der Waals surface area contributed by atoms with Gasteiger partial charge < -0.3 is 15.8 Å². The number of esters is 1. The van der Waals surface area contributed by atoms with Crippen molar-refractivity contribution in [1.82, 2.24) is 20.4 Å². The molecule has 20 heavy (non-hydrogen) atoms. The second-order valence-corrected chi connectivity index (χ2v) is 3.92. The van der Waals surface area contributed by atoms with Gasteiger partial charge in [0.1, 0.15) is 12.4 Å². The van der Waals surface area contributed by atoms with Gasteiger partial charge in [-0.2, -0.15) is 5.10 Å². The van der Waals surface area contributed by atoms with Crippen LogP contribution in [0, 0.1) is 0 Å². The number of amides is 3. The average Bonchev–Trinajstić information content (AvgIpc) is 2.74. The lowest BCUT2D eigenvalue weighted by Crippen LogP contribution is -2.44. The minimum absolute atomic E-state index is 0.171. The standard InChI is InChI=1S/C11H17N5O4/c1-3-13-11(19)14-10(18)7(2)20-9(17)6-16-5-4-8(12)15-16/h4-5,7H,3,6H2,1-2H3,(H2,12,15)(H2,13,14,18,19). The van der Waals surface area contributed by atoms with Gasteiger partial charge in [0.15, 0.2) is 6.10 Å². The van der Waals surface area contributed by atoms with E-state index in [2.05, 4.69) is 10.4 Å². The van der Waals surface area contributed by atoms with E-state index in [1.54, 1.807) is 6.92 Å². The molecule has 0 saturated heterocycles. The molecule has 0 aliphatic rings. The quantitative estimate of drug-likeness (QED) is 0.609. The molecule has 9 heteroatoms. The number of hydrogen-bond donors (Lipinski definition) is 3. The Hall–Kier alpha value is -2.58. The van der Waals surface area contributed by atoms with Crippen molar-refractivity contribution in [2.45, 2.75) is 26.5 Å². The third kappa shape index (κ3) is 4.96. The maximum Gasteiger partial charge on any atom is 0.328 e. The van der Waals surface area contributed by atoms with Crippen LogP contribution in [0.1, 0.15) is 13.8 Å². The fourth-order valence-electron chi connectivity index (χ4n) is 1.30. The Balaban J connectivity index is 2.40.